The molecule has 0 radical (unpaired) electrons. The molecule has 1 rings (SSSR count). The summed E-state index contributed by atoms with van der Waals surface area (Å²) >= 11 is 6.09. The molecule has 0 saturated heterocycles. The van der Waals surface area contributed by atoms with Gasteiger partial charge in [-0.1, -0.05) is 17.7 Å². The number of carbonyl (C=O) groups excluding carboxylic acids is 1. The Kier molecular flexibility index (Phi) is 6.20. The fourth-order valence-corrected chi connectivity index (χ4v) is 1.94. The van der Waals surface area contributed by atoms with Gasteiger partial charge in [0.1, 0.15) is 5.60 Å². The van der Waals surface area contributed by atoms with E-state index in [9.17, 15) is 9.59 Å². The number of ether oxygens (including phenoxy) is 2. The summed E-state index contributed by atoms with van der Waals surface area (Å²) in [5.41, 5.74) is 0.474. The van der Waals surface area contributed by atoms with E-state index in [0.717, 1.165) is 0 Å². The number of carboxylic acids is 1. The van der Waals surface area contributed by atoms with Crippen molar-refractivity contribution in [2.75, 3.05) is 12.4 Å². The lowest BCUT2D eigenvalue weighted by Crippen LogP contribution is -2.27. The number of amides is 1. The van der Waals surface area contributed by atoms with Crippen LogP contribution in [-0.2, 0) is 20.7 Å². The summed E-state index contributed by atoms with van der Waals surface area (Å²) in [5.74, 6) is -1.05. The molecule has 1 amide bonds. The molecular weight excluding hydrogens is 310 g/mol. The van der Waals surface area contributed by atoms with Crippen LogP contribution in [-0.4, -0.2) is 36.0 Å². The number of carboxylic acid groups (broad SMARTS) is 1. The van der Waals surface area contributed by atoms with Crippen molar-refractivity contribution in [2.45, 2.75) is 38.9 Å². The van der Waals surface area contributed by atoms with Crippen molar-refractivity contribution in [2.24, 2.45) is 0 Å². The second-order valence-electron chi connectivity index (χ2n) is 5.71. The van der Waals surface area contributed by atoms with Crippen molar-refractivity contribution in [3.05, 3.63) is 28.8 Å². The number of nitrogens with one attached hydrogen (secondary N) is 1. The van der Waals surface area contributed by atoms with Gasteiger partial charge in [0, 0.05) is 13.5 Å². The summed E-state index contributed by atoms with van der Waals surface area (Å²) in [5, 5.41) is 11.8. The molecular formula is C15H20ClNO5. The smallest absolute Gasteiger partial charge is 0.412 e. The van der Waals surface area contributed by atoms with E-state index in [1.54, 1.807) is 39.0 Å². The summed E-state index contributed by atoms with van der Waals surface area (Å²) < 4.78 is 10.0. The number of aliphatic carboxylic acids is 1. The molecule has 0 fully saturated rings. The summed E-state index contributed by atoms with van der Waals surface area (Å²) in [7, 11) is 1.33. The number of carbonyl (C=O) groups is 2. The second kappa shape index (κ2) is 7.47. The minimum atomic E-state index is -1.05. The monoisotopic (exact) mass is 329 g/mol. The quantitative estimate of drug-likeness (QED) is 0.865. The van der Waals surface area contributed by atoms with Crippen molar-refractivity contribution < 1.29 is 24.2 Å². The number of anilines is 1. The second-order valence-corrected chi connectivity index (χ2v) is 6.11. The van der Waals surface area contributed by atoms with Gasteiger partial charge in [0.15, 0.2) is 6.10 Å². The van der Waals surface area contributed by atoms with Crippen molar-refractivity contribution in [3.63, 3.8) is 0 Å². The van der Waals surface area contributed by atoms with Crippen molar-refractivity contribution in [3.8, 4) is 0 Å². The number of rotatable bonds is 5. The van der Waals surface area contributed by atoms with Crippen LogP contribution in [0.2, 0.25) is 5.02 Å². The maximum atomic E-state index is 11.7. The van der Waals surface area contributed by atoms with Crippen molar-refractivity contribution in [1.82, 2.24) is 0 Å². The highest BCUT2D eigenvalue weighted by molar-refractivity contribution is 6.33. The van der Waals surface area contributed by atoms with E-state index in [4.69, 9.17) is 26.2 Å². The van der Waals surface area contributed by atoms with E-state index in [2.05, 4.69) is 5.32 Å². The minimum absolute atomic E-state index is 0.179. The van der Waals surface area contributed by atoms with Gasteiger partial charge in [-0.15, -0.1) is 0 Å². The van der Waals surface area contributed by atoms with E-state index >= 15 is 0 Å². The van der Waals surface area contributed by atoms with E-state index < -0.39 is 23.8 Å². The van der Waals surface area contributed by atoms with Gasteiger partial charge in [-0.3, -0.25) is 5.32 Å². The summed E-state index contributed by atoms with van der Waals surface area (Å²) in [4.78, 5) is 22.6. The first-order valence-electron chi connectivity index (χ1n) is 6.66. The average Bonchev–Trinajstić information content (AvgIpc) is 2.36. The molecule has 2 N–H and O–H groups in total. The highest BCUT2D eigenvalue weighted by atomic mass is 35.5. The summed E-state index contributed by atoms with van der Waals surface area (Å²) in [6.45, 7) is 5.27. The first kappa shape index (κ1) is 18.3. The van der Waals surface area contributed by atoms with Crippen molar-refractivity contribution in [1.29, 1.82) is 0 Å². The van der Waals surface area contributed by atoms with Gasteiger partial charge >= 0.3 is 12.1 Å². The van der Waals surface area contributed by atoms with Crippen LogP contribution in [0, 0.1) is 0 Å². The number of halogens is 1. The van der Waals surface area contributed by atoms with Crippen LogP contribution >= 0.6 is 11.6 Å². The van der Waals surface area contributed by atoms with E-state index in [1.165, 1.54) is 7.11 Å². The average molecular weight is 330 g/mol. The van der Waals surface area contributed by atoms with Crippen LogP contribution in [0.4, 0.5) is 10.5 Å². The molecule has 6 nitrogen and oxygen atoms in total. The number of hydrogen-bond donors (Lipinski definition) is 2. The largest absolute Gasteiger partial charge is 0.479 e. The van der Waals surface area contributed by atoms with Crippen LogP contribution in [0.25, 0.3) is 0 Å². The Morgan fingerprint density at radius 3 is 2.45 bits per heavy atom. The van der Waals surface area contributed by atoms with Crippen LogP contribution in [0.15, 0.2) is 18.2 Å². The van der Waals surface area contributed by atoms with Gasteiger partial charge in [0.05, 0.1) is 10.7 Å². The Morgan fingerprint density at radius 2 is 2.00 bits per heavy atom. The first-order valence-corrected chi connectivity index (χ1v) is 7.04. The SMILES string of the molecule is COC(Cc1ccc(NC(=O)OC(C)(C)C)c(Cl)c1)C(=O)O. The fourth-order valence-electron chi connectivity index (χ4n) is 1.69. The predicted octanol–water partition coefficient (Wildman–Crippen LogP) is 3.33. The number of benzene rings is 1. The molecule has 0 spiro atoms. The topological polar surface area (TPSA) is 84.9 Å². The van der Waals surface area contributed by atoms with E-state index in [0.29, 0.717) is 16.3 Å². The molecule has 0 heterocycles. The molecule has 0 saturated carbocycles. The Bertz CT molecular complexity index is 553. The van der Waals surface area contributed by atoms with Gasteiger partial charge in [-0.05, 0) is 38.5 Å². The van der Waals surface area contributed by atoms with Gasteiger partial charge in [0.25, 0.3) is 0 Å². The molecule has 1 aromatic carbocycles. The minimum Gasteiger partial charge on any atom is -0.479 e. The molecule has 7 heteroatoms. The molecule has 0 aliphatic heterocycles. The highest BCUT2D eigenvalue weighted by Crippen LogP contribution is 2.24. The normalized spacial score (nSPS) is 12.6. The molecule has 0 aliphatic rings. The first-order chi connectivity index (χ1) is 10.1. The van der Waals surface area contributed by atoms with Gasteiger partial charge < -0.3 is 14.6 Å². The predicted molar refractivity (Wildman–Crippen MR) is 83.4 cm³/mol. The Balaban J connectivity index is 2.77. The van der Waals surface area contributed by atoms with E-state index in [1.807, 2.05) is 0 Å². The van der Waals surface area contributed by atoms with Crippen LogP contribution in [0.5, 0.6) is 0 Å². The van der Waals surface area contributed by atoms with Crippen LogP contribution < -0.4 is 5.32 Å². The third-order valence-corrected chi connectivity index (χ3v) is 2.96. The Morgan fingerprint density at radius 1 is 1.36 bits per heavy atom. The zero-order chi connectivity index (χ0) is 16.9. The van der Waals surface area contributed by atoms with Crippen molar-refractivity contribution >= 4 is 29.4 Å². The Labute approximate surface area is 134 Å². The molecule has 1 unspecified atom stereocenters. The van der Waals surface area contributed by atoms with E-state index in [-0.39, 0.29) is 6.42 Å². The zero-order valence-electron chi connectivity index (χ0n) is 13.0. The van der Waals surface area contributed by atoms with Gasteiger partial charge in [0.2, 0.25) is 0 Å². The molecule has 0 aromatic heterocycles. The lowest BCUT2D eigenvalue weighted by molar-refractivity contribution is -0.148. The van der Waals surface area contributed by atoms with Gasteiger partial charge in [-0.2, -0.15) is 0 Å². The van der Waals surface area contributed by atoms with Crippen LogP contribution in [0.1, 0.15) is 26.3 Å². The lowest BCUT2D eigenvalue weighted by Gasteiger charge is -2.20. The third-order valence-electron chi connectivity index (χ3n) is 2.65. The lowest BCUT2D eigenvalue weighted by atomic mass is 10.1. The maximum absolute atomic E-state index is 11.7. The Hall–Kier alpha value is -1.79. The van der Waals surface area contributed by atoms with Gasteiger partial charge in [-0.25, -0.2) is 9.59 Å². The number of methoxy groups -OCH3 is 1. The summed E-state index contributed by atoms with van der Waals surface area (Å²) in [6, 6.07) is 4.85. The maximum Gasteiger partial charge on any atom is 0.412 e. The molecule has 0 bridgehead atoms. The summed E-state index contributed by atoms with van der Waals surface area (Å²) in [6.07, 6.45) is -1.37. The highest BCUT2D eigenvalue weighted by Gasteiger charge is 2.19. The third kappa shape index (κ3) is 5.91. The molecule has 1 atom stereocenters. The standard InChI is InChI=1S/C15H20ClNO5/c1-15(2,3)22-14(20)17-11-6-5-9(7-10(11)16)8-12(21-4)13(18)19/h5-7,12H,8H2,1-4H3,(H,17,20)(H,18,19). The zero-order valence-corrected chi connectivity index (χ0v) is 13.7. The molecule has 1 aromatic rings. The molecule has 22 heavy (non-hydrogen) atoms. The molecule has 0 aliphatic carbocycles. The van der Waals surface area contributed by atoms with Crippen LogP contribution in [0.3, 0.4) is 0 Å². The number of hydrogen-bond acceptors (Lipinski definition) is 4. The molecule has 122 valence electrons. The fraction of sp³-hybridized carbons (Fsp3) is 0.467.